The molecule has 2 aliphatic carbocycles. The van der Waals surface area contributed by atoms with Gasteiger partial charge in [0, 0.05) is 19.0 Å². The highest BCUT2D eigenvalue weighted by molar-refractivity contribution is 7.91. The SMILES string of the molecule is O=C([C@@H]1C[C@H]2C=C[C@H]1C2)N1CC[C@H](c2ccccc2)S(=O)(=O)CC1. The van der Waals surface area contributed by atoms with Crippen molar-refractivity contribution >= 4 is 15.7 Å². The lowest BCUT2D eigenvalue weighted by Gasteiger charge is -2.26. The van der Waals surface area contributed by atoms with E-state index >= 15 is 0 Å². The zero-order valence-electron chi connectivity index (χ0n) is 13.7. The van der Waals surface area contributed by atoms with Gasteiger partial charge in [-0.1, -0.05) is 42.5 Å². The monoisotopic (exact) mass is 345 g/mol. The van der Waals surface area contributed by atoms with E-state index in [9.17, 15) is 13.2 Å². The Balaban J connectivity index is 1.51. The van der Waals surface area contributed by atoms with Crippen molar-refractivity contribution in [3.8, 4) is 0 Å². The van der Waals surface area contributed by atoms with Crippen molar-refractivity contribution in [2.24, 2.45) is 17.8 Å². The van der Waals surface area contributed by atoms with Crippen molar-refractivity contribution in [2.45, 2.75) is 24.5 Å². The summed E-state index contributed by atoms with van der Waals surface area (Å²) in [5.41, 5.74) is 0.842. The molecule has 3 aliphatic rings. The largest absolute Gasteiger partial charge is 0.341 e. The van der Waals surface area contributed by atoms with Gasteiger partial charge in [0.1, 0.15) is 0 Å². The summed E-state index contributed by atoms with van der Waals surface area (Å²) < 4.78 is 25.3. The smallest absolute Gasteiger partial charge is 0.226 e. The Hall–Kier alpha value is -1.62. The molecule has 0 radical (unpaired) electrons. The molecule has 4 atom stereocenters. The second kappa shape index (κ2) is 6.03. The number of fused-ring (bicyclic) bond motifs is 2. The summed E-state index contributed by atoms with van der Waals surface area (Å²) in [7, 11) is -3.22. The Kier molecular flexibility index (Phi) is 3.99. The first-order valence-corrected chi connectivity index (χ1v) is 10.5. The number of allylic oxidation sites excluding steroid dienone is 2. The molecular weight excluding hydrogens is 322 g/mol. The van der Waals surface area contributed by atoms with E-state index < -0.39 is 15.1 Å². The van der Waals surface area contributed by atoms with E-state index in [1.807, 2.05) is 30.3 Å². The van der Waals surface area contributed by atoms with E-state index in [2.05, 4.69) is 12.2 Å². The molecular formula is C19H23NO3S. The maximum Gasteiger partial charge on any atom is 0.226 e. The molecule has 128 valence electrons. The van der Waals surface area contributed by atoms with Crippen molar-refractivity contribution in [2.75, 3.05) is 18.8 Å². The second-order valence-corrected chi connectivity index (χ2v) is 9.57. The van der Waals surface area contributed by atoms with Crippen LogP contribution in [0.4, 0.5) is 0 Å². The summed E-state index contributed by atoms with van der Waals surface area (Å²) in [6.45, 7) is 0.872. The third-order valence-corrected chi connectivity index (χ3v) is 7.95. The fraction of sp³-hybridized carbons (Fsp3) is 0.526. The number of nitrogens with zero attached hydrogens (tertiary/aromatic N) is 1. The molecule has 4 nitrogen and oxygen atoms in total. The molecule has 4 rings (SSSR count). The summed E-state index contributed by atoms with van der Waals surface area (Å²) in [5, 5.41) is -0.489. The van der Waals surface area contributed by atoms with Crippen molar-refractivity contribution in [1.82, 2.24) is 4.90 Å². The van der Waals surface area contributed by atoms with Gasteiger partial charge >= 0.3 is 0 Å². The minimum absolute atomic E-state index is 0.0644. The van der Waals surface area contributed by atoms with Crippen molar-refractivity contribution < 1.29 is 13.2 Å². The van der Waals surface area contributed by atoms with E-state index in [-0.39, 0.29) is 17.6 Å². The van der Waals surface area contributed by atoms with Gasteiger partial charge in [0.2, 0.25) is 5.91 Å². The Morgan fingerprint density at radius 3 is 2.50 bits per heavy atom. The van der Waals surface area contributed by atoms with Gasteiger partial charge < -0.3 is 4.90 Å². The average molecular weight is 345 g/mol. The number of amides is 1. The van der Waals surface area contributed by atoms with Gasteiger partial charge in [0.15, 0.2) is 9.84 Å². The van der Waals surface area contributed by atoms with Crippen LogP contribution in [-0.2, 0) is 14.6 Å². The molecule has 1 amide bonds. The first kappa shape index (κ1) is 15.9. The number of benzene rings is 1. The molecule has 24 heavy (non-hydrogen) atoms. The molecule has 0 aromatic heterocycles. The summed E-state index contributed by atoms with van der Waals surface area (Å²) in [5.74, 6) is 1.21. The van der Waals surface area contributed by atoms with Crippen LogP contribution in [0.25, 0.3) is 0 Å². The molecule has 2 bridgehead atoms. The van der Waals surface area contributed by atoms with Crippen LogP contribution in [-0.4, -0.2) is 38.1 Å². The van der Waals surface area contributed by atoms with Gasteiger partial charge in [-0.25, -0.2) is 8.42 Å². The van der Waals surface area contributed by atoms with Gasteiger partial charge in [-0.2, -0.15) is 0 Å². The van der Waals surface area contributed by atoms with Crippen LogP contribution in [0, 0.1) is 17.8 Å². The van der Waals surface area contributed by atoms with Crippen molar-refractivity contribution in [1.29, 1.82) is 0 Å². The Bertz CT molecular complexity index is 756. The number of carbonyl (C=O) groups excluding carboxylic acids is 1. The lowest BCUT2D eigenvalue weighted by atomic mass is 9.92. The normalized spacial score (nSPS) is 34.2. The second-order valence-electron chi connectivity index (χ2n) is 7.27. The third kappa shape index (κ3) is 2.79. The molecule has 5 heteroatoms. The van der Waals surface area contributed by atoms with Crippen molar-refractivity contribution in [3.63, 3.8) is 0 Å². The molecule has 1 heterocycles. The molecule has 1 aromatic rings. The van der Waals surface area contributed by atoms with E-state index in [0.29, 0.717) is 31.3 Å². The summed E-state index contributed by atoms with van der Waals surface area (Å²) in [6, 6.07) is 9.40. The molecule has 0 spiro atoms. The van der Waals surface area contributed by atoms with Gasteiger partial charge in [0.05, 0.1) is 11.0 Å². The fourth-order valence-electron chi connectivity index (χ4n) is 4.51. The predicted molar refractivity (Wildman–Crippen MR) is 93.0 cm³/mol. The summed E-state index contributed by atoms with van der Waals surface area (Å²) in [4.78, 5) is 14.7. The van der Waals surface area contributed by atoms with Crippen LogP contribution in [0.1, 0.15) is 30.1 Å². The standard InChI is InChI=1S/C19H23NO3S/c21-19(17-13-14-6-7-16(17)12-14)20-9-8-18(24(22,23)11-10-20)15-4-2-1-3-5-15/h1-7,14,16-18H,8-13H2/t14-,16-,17+,18+/m0/s1. The number of hydrogen-bond acceptors (Lipinski definition) is 3. The highest BCUT2D eigenvalue weighted by atomic mass is 32.2. The fourth-order valence-corrected chi connectivity index (χ4v) is 6.30. The highest BCUT2D eigenvalue weighted by Gasteiger charge is 2.42. The van der Waals surface area contributed by atoms with Gasteiger partial charge in [-0.05, 0) is 36.7 Å². The quantitative estimate of drug-likeness (QED) is 0.774. The van der Waals surface area contributed by atoms with Crippen LogP contribution in [0.15, 0.2) is 42.5 Å². The van der Waals surface area contributed by atoms with Crippen LogP contribution >= 0.6 is 0 Å². The minimum Gasteiger partial charge on any atom is -0.341 e. The van der Waals surface area contributed by atoms with E-state index in [0.717, 1.165) is 18.4 Å². The maximum absolute atomic E-state index is 12.9. The number of hydrogen-bond donors (Lipinski definition) is 0. The molecule has 0 unspecified atom stereocenters. The first-order valence-electron chi connectivity index (χ1n) is 8.78. The van der Waals surface area contributed by atoms with Crippen LogP contribution < -0.4 is 0 Å². The summed E-state index contributed by atoms with van der Waals surface area (Å²) in [6.07, 6.45) is 6.93. The van der Waals surface area contributed by atoms with Gasteiger partial charge in [0.25, 0.3) is 0 Å². The average Bonchev–Trinajstić information content (AvgIpc) is 3.17. The molecule has 0 N–H and O–H groups in total. The minimum atomic E-state index is -3.22. The zero-order chi connectivity index (χ0) is 16.7. The van der Waals surface area contributed by atoms with Crippen LogP contribution in [0.2, 0.25) is 0 Å². The van der Waals surface area contributed by atoms with Crippen LogP contribution in [0.5, 0.6) is 0 Å². The molecule has 1 saturated carbocycles. The number of carbonyl (C=O) groups is 1. The first-order chi connectivity index (χ1) is 11.5. The number of sulfone groups is 1. The summed E-state index contributed by atoms with van der Waals surface area (Å²) >= 11 is 0. The Labute approximate surface area is 143 Å². The lowest BCUT2D eigenvalue weighted by Crippen LogP contribution is -2.39. The molecule has 2 fully saturated rings. The van der Waals surface area contributed by atoms with E-state index in [1.54, 1.807) is 4.90 Å². The maximum atomic E-state index is 12.9. The van der Waals surface area contributed by atoms with Gasteiger partial charge in [-0.3, -0.25) is 4.79 Å². The van der Waals surface area contributed by atoms with E-state index in [1.165, 1.54) is 0 Å². The van der Waals surface area contributed by atoms with Crippen molar-refractivity contribution in [3.05, 3.63) is 48.0 Å². The lowest BCUT2D eigenvalue weighted by molar-refractivity contribution is -0.136. The molecule has 1 aliphatic heterocycles. The predicted octanol–water partition coefficient (Wildman–Crippen LogP) is 2.59. The van der Waals surface area contributed by atoms with E-state index in [4.69, 9.17) is 0 Å². The molecule has 1 saturated heterocycles. The molecule has 1 aromatic carbocycles. The highest BCUT2D eigenvalue weighted by Crippen LogP contribution is 2.44. The van der Waals surface area contributed by atoms with Crippen LogP contribution in [0.3, 0.4) is 0 Å². The Morgan fingerprint density at radius 2 is 1.83 bits per heavy atom. The number of rotatable bonds is 2. The topological polar surface area (TPSA) is 54.5 Å². The Morgan fingerprint density at radius 1 is 1.04 bits per heavy atom. The van der Waals surface area contributed by atoms with Gasteiger partial charge in [-0.15, -0.1) is 0 Å². The third-order valence-electron chi connectivity index (χ3n) is 5.82. The zero-order valence-corrected chi connectivity index (χ0v) is 14.5.